The SMILES string of the molecule is COc1ccc(OCCC(C)(N)C(=O)O)c([N+](=O)[O-])c1. The van der Waals surface area contributed by atoms with Crippen LogP contribution in [0.15, 0.2) is 18.2 Å². The van der Waals surface area contributed by atoms with E-state index < -0.39 is 16.4 Å². The van der Waals surface area contributed by atoms with Gasteiger partial charge in [0.15, 0.2) is 5.75 Å². The van der Waals surface area contributed by atoms with E-state index >= 15 is 0 Å². The summed E-state index contributed by atoms with van der Waals surface area (Å²) in [5.41, 5.74) is 3.84. The van der Waals surface area contributed by atoms with Crippen LogP contribution in [0.3, 0.4) is 0 Å². The van der Waals surface area contributed by atoms with Crippen molar-refractivity contribution in [3.63, 3.8) is 0 Å². The van der Waals surface area contributed by atoms with Gasteiger partial charge >= 0.3 is 11.7 Å². The fraction of sp³-hybridized carbons (Fsp3) is 0.417. The molecule has 0 spiro atoms. The van der Waals surface area contributed by atoms with Gasteiger partial charge in [-0.05, 0) is 19.1 Å². The van der Waals surface area contributed by atoms with E-state index in [2.05, 4.69) is 0 Å². The van der Waals surface area contributed by atoms with E-state index in [1.165, 1.54) is 32.2 Å². The van der Waals surface area contributed by atoms with Crippen LogP contribution in [-0.2, 0) is 4.79 Å². The normalized spacial score (nSPS) is 13.3. The summed E-state index contributed by atoms with van der Waals surface area (Å²) in [7, 11) is 1.40. The smallest absolute Gasteiger partial charge is 0.323 e. The number of nitrogens with two attached hydrogens (primary N) is 1. The molecule has 110 valence electrons. The van der Waals surface area contributed by atoms with Gasteiger partial charge in [0, 0.05) is 6.42 Å². The molecule has 1 rings (SSSR count). The number of methoxy groups -OCH3 is 1. The molecule has 20 heavy (non-hydrogen) atoms. The molecule has 0 saturated heterocycles. The lowest BCUT2D eigenvalue weighted by Gasteiger charge is -2.18. The van der Waals surface area contributed by atoms with Gasteiger partial charge in [-0.25, -0.2) is 0 Å². The maximum atomic E-state index is 10.9. The van der Waals surface area contributed by atoms with Gasteiger partial charge in [-0.1, -0.05) is 0 Å². The number of nitrogens with zero attached hydrogens (tertiary/aromatic N) is 1. The van der Waals surface area contributed by atoms with Crippen LogP contribution in [0, 0.1) is 10.1 Å². The molecule has 8 nitrogen and oxygen atoms in total. The first-order valence-corrected chi connectivity index (χ1v) is 5.75. The molecule has 0 aliphatic heterocycles. The Morgan fingerprint density at radius 3 is 2.70 bits per heavy atom. The van der Waals surface area contributed by atoms with E-state index in [0.717, 1.165) is 0 Å². The number of ether oxygens (including phenoxy) is 2. The molecule has 0 radical (unpaired) electrons. The Morgan fingerprint density at radius 2 is 2.20 bits per heavy atom. The molecular formula is C12H16N2O6. The molecule has 0 saturated carbocycles. The van der Waals surface area contributed by atoms with Crippen LogP contribution in [0.4, 0.5) is 5.69 Å². The topological polar surface area (TPSA) is 125 Å². The van der Waals surface area contributed by atoms with Crippen molar-refractivity contribution in [1.82, 2.24) is 0 Å². The number of rotatable bonds is 7. The van der Waals surface area contributed by atoms with Crippen LogP contribution in [0.5, 0.6) is 11.5 Å². The number of carboxylic acid groups (broad SMARTS) is 1. The van der Waals surface area contributed by atoms with Crippen molar-refractivity contribution >= 4 is 11.7 Å². The summed E-state index contributed by atoms with van der Waals surface area (Å²) in [6.45, 7) is 1.30. The van der Waals surface area contributed by atoms with Crippen LogP contribution >= 0.6 is 0 Å². The van der Waals surface area contributed by atoms with E-state index in [4.69, 9.17) is 20.3 Å². The zero-order chi connectivity index (χ0) is 15.3. The zero-order valence-electron chi connectivity index (χ0n) is 11.2. The van der Waals surface area contributed by atoms with Gasteiger partial charge < -0.3 is 20.3 Å². The lowest BCUT2D eigenvalue weighted by molar-refractivity contribution is -0.385. The van der Waals surface area contributed by atoms with Crippen LogP contribution in [-0.4, -0.2) is 35.3 Å². The molecule has 0 aromatic heterocycles. The molecule has 0 heterocycles. The van der Waals surface area contributed by atoms with Crippen molar-refractivity contribution < 1.29 is 24.3 Å². The third-order valence-corrected chi connectivity index (χ3v) is 2.73. The molecule has 1 aromatic carbocycles. The van der Waals surface area contributed by atoms with Crippen molar-refractivity contribution in [2.24, 2.45) is 5.73 Å². The summed E-state index contributed by atoms with van der Waals surface area (Å²) in [6, 6.07) is 4.14. The number of hydrogen-bond acceptors (Lipinski definition) is 6. The van der Waals surface area contributed by atoms with Crippen molar-refractivity contribution in [3.05, 3.63) is 28.3 Å². The number of carbonyl (C=O) groups is 1. The van der Waals surface area contributed by atoms with E-state index in [0.29, 0.717) is 5.75 Å². The highest BCUT2D eigenvalue weighted by molar-refractivity contribution is 5.77. The van der Waals surface area contributed by atoms with Crippen molar-refractivity contribution in [3.8, 4) is 11.5 Å². The highest BCUT2D eigenvalue weighted by Crippen LogP contribution is 2.31. The van der Waals surface area contributed by atoms with Crippen molar-refractivity contribution in [2.75, 3.05) is 13.7 Å². The Hall–Kier alpha value is -2.35. The Bertz CT molecular complexity index is 515. The maximum absolute atomic E-state index is 10.9. The van der Waals surface area contributed by atoms with Gasteiger partial charge in [-0.3, -0.25) is 14.9 Å². The Kier molecular flexibility index (Phi) is 4.87. The first-order chi connectivity index (χ1) is 9.27. The van der Waals surface area contributed by atoms with Crippen LogP contribution in [0.25, 0.3) is 0 Å². The van der Waals surface area contributed by atoms with Gasteiger partial charge in [-0.15, -0.1) is 0 Å². The number of hydrogen-bond donors (Lipinski definition) is 2. The first kappa shape index (κ1) is 15.7. The van der Waals surface area contributed by atoms with Gasteiger partial charge in [0.2, 0.25) is 0 Å². The fourth-order valence-corrected chi connectivity index (χ4v) is 1.37. The second-order valence-electron chi connectivity index (χ2n) is 4.41. The number of benzene rings is 1. The molecule has 0 amide bonds. The summed E-state index contributed by atoms with van der Waals surface area (Å²) >= 11 is 0. The average Bonchev–Trinajstić information content (AvgIpc) is 2.38. The van der Waals surface area contributed by atoms with E-state index in [1.54, 1.807) is 0 Å². The molecule has 0 fully saturated rings. The lowest BCUT2D eigenvalue weighted by Crippen LogP contribution is -2.45. The monoisotopic (exact) mass is 284 g/mol. The Morgan fingerprint density at radius 1 is 1.55 bits per heavy atom. The minimum absolute atomic E-state index is 0.0194. The van der Waals surface area contributed by atoms with E-state index in [9.17, 15) is 14.9 Å². The summed E-state index contributed by atoms with van der Waals surface area (Å²) in [4.78, 5) is 21.1. The molecular weight excluding hydrogens is 268 g/mol. The average molecular weight is 284 g/mol. The summed E-state index contributed by atoms with van der Waals surface area (Å²) in [5, 5.41) is 19.8. The molecule has 3 N–H and O–H groups in total. The maximum Gasteiger partial charge on any atom is 0.323 e. The van der Waals surface area contributed by atoms with Crippen LogP contribution in [0.1, 0.15) is 13.3 Å². The largest absolute Gasteiger partial charge is 0.496 e. The quantitative estimate of drug-likeness (QED) is 0.568. The Balaban J connectivity index is 2.78. The van der Waals surface area contributed by atoms with Gasteiger partial charge in [0.25, 0.3) is 0 Å². The van der Waals surface area contributed by atoms with Crippen LogP contribution in [0.2, 0.25) is 0 Å². The third-order valence-electron chi connectivity index (χ3n) is 2.73. The summed E-state index contributed by atoms with van der Waals surface area (Å²) in [5.74, 6) is -0.791. The molecule has 0 aliphatic carbocycles. The lowest BCUT2D eigenvalue weighted by atomic mass is 10.0. The summed E-state index contributed by atoms with van der Waals surface area (Å²) in [6.07, 6.45) is 0.0194. The summed E-state index contributed by atoms with van der Waals surface area (Å²) < 4.78 is 10.1. The molecule has 8 heteroatoms. The second-order valence-corrected chi connectivity index (χ2v) is 4.41. The number of nitro groups is 1. The molecule has 0 bridgehead atoms. The number of nitro benzene ring substituents is 1. The standard InChI is InChI=1S/C12H16N2O6/c1-12(13,11(15)16)5-6-20-10-4-3-8(19-2)7-9(10)14(17)18/h3-4,7H,5-6,13H2,1-2H3,(H,15,16). The van der Waals surface area contributed by atoms with E-state index in [1.807, 2.05) is 0 Å². The van der Waals surface area contributed by atoms with Gasteiger partial charge in [0.05, 0.1) is 24.7 Å². The second kappa shape index (κ2) is 6.20. The Labute approximate surface area is 115 Å². The molecule has 1 unspecified atom stereocenters. The van der Waals surface area contributed by atoms with Crippen molar-refractivity contribution in [2.45, 2.75) is 18.9 Å². The van der Waals surface area contributed by atoms with Crippen molar-refractivity contribution in [1.29, 1.82) is 0 Å². The van der Waals surface area contributed by atoms with E-state index in [-0.39, 0.29) is 24.5 Å². The predicted molar refractivity (Wildman–Crippen MR) is 70.0 cm³/mol. The minimum atomic E-state index is -1.44. The van der Waals surface area contributed by atoms with Gasteiger partial charge in [0.1, 0.15) is 11.3 Å². The molecule has 0 aliphatic rings. The van der Waals surface area contributed by atoms with Gasteiger partial charge in [-0.2, -0.15) is 0 Å². The first-order valence-electron chi connectivity index (χ1n) is 5.75. The highest BCUT2D eigenvalue weighted by Gasteiger charge is 2.28. The molecule has 1 aromatic rings. The predicted octanol–water partition coefficient (Wildman–Crippen LogP) is 1.17. The third kappa shape index (κ3) is 3.82. The minimum Gasteiger partial charge on any atom is -0.496 e. The fourth-order valence-electron chi connectivity index (χ4n) is 1.37. The highest BCUT2D eigenvalue weighted by atomic mass is 16.6. The number of aliphatic carboxylic acids is 1. The molecule has 1 atom stereocenters. The zero-order valence-corrected chi connectivity index (χ0v) is 11.2. The van der Waals surface area contributed by atoms with Crippen LogP contribution < -0.4 is 15.2 Å². The number of carboxylic acids is 1.